The molecule has 0 bridgehead atoms. The SMILES string of the molecule is Cc1ccc([C@@H]2CN(C)[C@]3(C(=O)Nc4ccccc43)[C@]23Cc2cc(C)ccc2OC3=O)cc1. The fourth-order valence-corrected chi connectivity index (χ4v) is 6.46. The second-order valence-electron chi connectivity index (χ2n) is 9.70. The predicted molar refractivity (Wildman–Crippen MR) is 126 cm³/mol. The number of anilines is 1. The summed E-state index contributed by atoms with van der Waals surface area (Å²) in [6, 6.07) is 22.0. The van der Waals surface area contributed by atoms with Gasteiger partial charge in [0.2, 0.25) is 0 Å². The van der Waals surface area contributed by atoms with Crippen molar-refractivity contribution in [3.05, 3.63) is 94.5 Å². The molecule has 0 aliphatic carbocycles. The van der Waals surface area contributed by atoms with Crippen molar-refractivity contribution < 1.29 is 14.3 Å². The van der Waals surface area contributed by atoms with Crippen LogP contribution >= 0.6 is 0 Å². The van der Waals surface area contributed by atoms with Gasteiger partial charge in [0.25, 0.3) is 5.91 Å². The average Bonchev–Trinajstić information content (AvgIpc) is 3.24. The molecular weight excluding hydrogens is 412 g/mol. The molecule has 3 atom stereocenters. The zero-order chi connectivity index (χ0) is 23.0. The van der Waals surface area contributed by atoms with Gasteiger partial charge in [-0.2, -0.15) is 0 Å². The minimum Gasteiger partial charge on any atom is -0.426 e. The number of para-hydroxylation sites is 1. The Morgan fingerprint density at radius 1 is 0.970 bits per heavy atom. The molecule has 33 heavy (non-hydrogen) atoms. The lowest BCUT2D eigenvalue weighted by Gasteiger charge is -2.47. The summed E-state index contributed by atoms with van der Waals surface area (Å²) in [5, 5.41) is 3.08. The second-order valence-corrected chi connectivity index (χ2v) is 9.70. The van der Waals surface area contributed by atoms with E-state index in [1.165, 1.54) is 0 Å². The van der Waals surface area contributed by atoms with Crippen LogP contribution < -0.4 is 10.1 Å². The van der Waals surface area contributed by atoms with Crippen LogP contribution in [0.5, 0.6) is 5.75 Å². The molecular formula is C28H26N2O3. The maximum atomic E-state index is 14.1. The highest BCUT2D eigenvalue weighted by Gasteiger charge is 2.75. The van der Waals surface area contributed by atoms with E-state index in [1.807, 2.05) is 50.4 Å². The molecule has 5 heteroatoms. The molecule has 3 heterocycles. The highest BCUT2D eigenvalue weighted by Crippen LogP contribution is 2.65. The number of benzene rings is 3. The normalized spacial score (nSPS) is 28.0. The zero-order valence-electron chi connectivity index (χ0n) is 19.0. The van der Waals surface area contributed by atoms with Gasteiger partial charge in [0.05, 0.1) is 0 Å². The van der Waals surface area contributed by atoms with Crippen LogP contribution in [0.1, 0.15) is 33.7 Å². The summed E-state index contributed by atoms with van der Waals surface area (Å²) in [6.07, 6.45) is 0.438. The van der Waals surface area contributed by atoms with E-state index in [9.17, 15) is 9.59 Å². The molecule has 6 rings (SSSR count). The number of fused-ring (bicyclic) bond motifs is 4. The van der Waals surface area contributed by atoms with Gasteiger partial charge in [0.1, 0.15) is 16.7 Å². The summed E-state index contributed by atoms with van der Waals surface area (Å²) >= 11 is 0. The number of aryl methyl sites for hydroxylation is 2. The number of likely N-dealkylation sites (tertiary alicyclic amines) is 1. The van der Waals surface area contributed by atoms with Gasteiger partial charge in [0.15, 0.2) is 0 Å². The van der Waals surface area contributed by atoms with Gasteiger partial charge >= 0.3 is 5.97 Å². The molecule has 1 fully saturated rings. The Bertz CT molecular complexity index is 1310. The minimum absolute atomic E-state index is 0.158. The number of ether oxygens (including phenoxy) is 1. The number of amides is 1. The van der Waals surface area contributed by atoms with Gasteiger partial charge in [-0.05, 0) is 50.6 Å². The van der Waals surface area contributed by atoms with E-state index in [4.69, 9.17) is 4.74 Å². The number of hydrogen-bond donors (Lipinski definition) is 1. The average molecular weight is 439 g/mol. The number of carbonyl (C=O) groups is 2. The molecule has 3 aromatic rings. The van der Waals surface area contributed by atoms with Gasteiger partial charge in [-0.15, -0.1) is 0 Å². The number of nitrogens with one attached hydrogen (secondary N) is 1. The molecule has 0 aromatic heterocycles. The van der Waals surface area contributed by atoms with Crippen molar-refractivity contribution in [2.75, 3.05) is 18.9 Å². The van der Waals surface area contributed by atoms with Crippen LogP contribution in [0.2, 0.25) is 0 Å². The van der Waals surface area contributed by atoms with Gasteiger partial charge in [-0.3, -0.25) is 14.5 Å². The van der Waals surface area contributed by atoms with Crippen molar-refractivity contribution >= 4 is 17.6 Å². The number of nitrogens with zero attached hydrogens (tertiary/aromatic N) is 1. The first-order valence-corrected chi connectivity index (χ1v) is 11.4. The molecule has 0 saturated carbocycles. The largest absolute Gasteiger partial charge is 0.426 e. The molecule has 2 spiro atoms. The van der Waals surface area contributed by atoms with Crippen LogP contribution in [-0.2, 0) is 21.5 Å². The Balaban J connectivity index is 1.66. The van der Waals surface area contributed by atoms with Crippen molar-refractivity contribution in [3.63, 3.8) is 0 Å². The quantitative estimate of drug-likeness (QED) is 0.454. The molecule has 5 nitrogen and oxygen atoms in total. The number of carbonyl (C=O) groups excluding carboxylic acids is 2. The predicted octanol–water partition coefficient (Wildman–Crippen LogP) is 4.33. The zero-order valence-corrected chi connectivity index (χ0v) is 19.0. The van der Waals surface area contributed by atoms with Crippen molar-refractivity contribution in [2.45, 2.75) is 31.7 Å². The van der Waals surface area contributed by atoms with Crippen molar-refractivity contribution in [1.82, 2.24) is 4.90 Å². The number of likely N-dealkylation sites (N-methyl/N-ethyl adjacent to an activating group) is 1. The third-order valence-electron chi connectivity index (χ3n) is 7.90. The van der Waals surface area contributed by atoms with Crippen LogP contribution in [0.25, 0.3) is 0 Å². The first-order valence-electron chi connectivity index (χ1n) is 11.4. The maximum absolute atomic E-state index is 14.1. The summed E-state index contributed by atoms with van der Waals surface area (Å²) in [7, 11) is 1.96. The lowest BCUT2D eigenvalue weighted by atomic mass is 9.57. The Hall–Kier alpha value is -3.44. The van der Waals surface area contributed by atoms with Crippen LogP contribution in [0, 0.1) is 19.3 Å². The molecule has 1 N–H and O–H groups in total. The summed E-state index contributed by atoms with van der Waals surface area (Å²) in [5.41, 5.74) is 3.64. The monoisotopic (exact) mass is 438 g/mol. The molecule has 3 aliphatic heterocycles. The van der Waals surface area contributed by atoms with E-state index in [-0.39, 0.29) is 17.8 Å². The van der Waals surface area contributed by atoms with Crippen molar-refractivity contribution in [3.8, 4) is 5.75 Å². The summed E-state index contributed by atoms with van der Waals surface area (Å²) in [5.74, 6) is -0.106. The minimum atomic E-state index is -1.16. The van der Waals surface area contributed by atoms with Crippen molar-refractivity contribution in [1.29, 1.82) is 0 Å². The van der Waals surface area contributed by atoms with E-state index >= 15 is 0 Å². The van der Waals surface area contributed by atoms with Crippen LogP contribution in [0.4, 0.5) is 5.69 Å². The number of rotatable bonds is 1. The number of esters is 1. The molecule has 3 aliphatic rings. The van der Waals surface area contributed by atoms with E-state index in [0.717, 1.165) is 33.5 Å². The van der Waals surface area contributed by atoms with E-state index in [1.54, 1.807) is 0 Å². The topological polar surface area (TPSA) is 58.6 Å². The fraction of sp³-hybridized carbons (Fsp3) is 0.286. The Kier molecular flexibility index (Phi) is 4.15. The smallest absolute Gasteiger partial charge is 0.321 e. The Morgan fingerprint density at radius 2 is 1.70 bits per heavy atom. The Morgan fingerprint density at radius 3 is 2.48 bits per heavy atom. The van der Waals surface area contributed by atoms with Crippen molar-refractivity contribution in [2.24, 2.45) is 5.41 Å². The third kappa shape index (κ3) is 2.46. The maximum Gasteiger partial charge on any atom is 0.321 e. The van der Waals surface area contributed by atoms with Gasteiger partial charge in [-0.25, -0.2) is 0 Å². The summed E-state index contributed by atoms with van der Waals surface area (Å²) < 4.78 is 6.05. The highest BCUT2D eigenvalue weighted by atomic mass is 16.5. The second kappa shape index (κ2) is 6.78. The fourth-order valence-electron chi connectivity index (χ4n) is 6.46. The lowest BCUT2D eigenvalue weighted by molar-refractivity contribution is -0.160. The van der Waals surface area contributed by atoms with Crippen LogP contribution in [-0.4, -0.2) is 30.4 Å². The molecule has 166 valence electrons. The van der Waals surface area contributed by atoms with Gasteiger partial charge in [0, 0.05) is 23.7 Å². The Labute approximate surface area is 193 Å². The third-order valence-corrected chi connectivity index (χ3v) is 7.90. The standard InChI is InChI=1S/C28H26N2O3/c1-17-8-11-19(12-9-17)22-16-30(3)28(21-6-4-5-7-23(21)29-25(28)31)27(22)15-20-14-18(2)10-13-24(20)33-26(27)32/h4-14,22H,15-16H2,1-3H3,(H,29,31)/t22-,27+,28+/m0/s1. The summed E-state index contributed by atoms with van der Waals surface area (Å²) in [6.45, 7) is 4.66. The van der Waals surface area contributed by atoms with E-state index in [2.05, 4.69) is 47.5 Å². The molecule has 0 radical (unpaired) electrons. The lowest BCUT2D eigenvalue weighted by Crippen LogP contribution is -2.61. The number of hydrogen-bond acceptors (Lipinski definition) is 4. The van der Waals surface area contributed by atoms with Gasteiger partial charge in [-0.1, -0.05) is 65.7 Å². The molecule has 1 saturated heterocycles. The molecule has 0 unspecified atom stereocenters. The first-order chi connectivity index (χ1) is 15.9. The van der Waals surface area contributed by atoms with E-state index in [0.29, 0.717) is 18.7 Å². The highest BCUT2D eigenvalue weighted by molar-refractivity contribution is 6.10. The first kappa shape index (κ1) is 20.2. The molecule has 1 amide bonds. The van der Waals surface area contributed by atoms with Crippen LogP contribution in [0.3, 0.4) is 0 Å². The van der Waals surface area contributed by atoms with Crippen LogP contribution in [0.15, 0.2) is 66.7 Å². The van der Waals surface area contributed by atoms with E-state index < -0.39 is 11.0 Å². The summed E-state index contributed by atoms with van der Waals surface area (Å²) in [4.78, 5) is 30.2. The van der Waals surface area contributed by atoms with Gasteiger partial charge < -0.3 is 10.1 Å². The molecule has 3 aromatic carbocycles.